The number of fused-ring (bicyclic) bond motifs is 5. The number of ether oxygens (including phenoxy) is 4. The maximum absolute atomic E-state index is 12.6. The average Bonchev–Trinajstić information content (AvgIpc) is 3.22. The highest BCUT2D eigenvalue weighted by molar-refractivity contribution is 5.67. The van der Waals surface area contributed by atoms with Crippen molar-refractivity contribution >= 4 is 23.9 Å². The Labute approximate surface area is 262 Å². The van der Waals surface area contributed by atoms with E-state index in [1.807, 2.05) is 6.08 Å². The molecule has 3 fully saturated rings. The molecule has 9 heteroatoms. The van der Waals surface area contributed by atoms with Crippen molar-refractivity contribution in [3.05, 3.63) is 11.6 Å². The first-order valence-corrected chi connectivity index (χ1v) is 16.6. The van der Waals surface area contributed by atoms with Crippen LogP contribution >= 0.6 is 0 Å². The highest BCUT2D eigenvalue weighted by Crippen LogP contribution is 2.68. The minimum Gasteiger partial charge on any atom is -0.465 e. The van der Waals surface area contributed by atoms with E-state index in [-0.39, 0.29) is 42.2 Å². The maximum atomic E-state index is 12.6. The first-order chi connectivity index (χ1) is 20.6. The predicted molar refractivity (Wildman–Crippen MR) is 163 cm³/mol. The largest absolute Gasteiger partial charge is 0.465 e. The molecule has 0 saturated heterocycles. The number of aliphatic hydroxyl groups excluding tert-OH is 1. The van der Waals surface area contributed by atoms with Crippen LogP contribution in [0.25, 0.3) is 0 Å². The van der Waals surface area contributed by atoms with Gasteiger partial charge in [0.1, 0.15) is 18.3 Å². The molecule has 11 unspecified atom stereocenters. The van der Waals surface area contributed by atoms with Gasteiger partial charge < -0.3 is 24.1 Å². The topological polar surface area (TPSA) is 125 Å². The van der Waals surface area contributed by atoms with Gasteiger partial charge in [-0.15, -0.1) is 0 Å². The van der Waals surface area contributed by atoms with E-state index < -0.39 is 47.2 Å². The molecule has 11 atom stereocenters. The van der Waals surface area contributed by atoms with Crippen LogP contribution in [0.4, 0.5) is 0 Å². The standard InChI is InChI=1S/C35H54O9/c1-19(2)10-9-11-20(3)27-16-30(43-23(6)38)33-32-26(12-13-35(27,33)18-41-21(4)36)34(8)17-31(44-24(7)39)28(40)14-25(34)15-29(32)42-22(5)37/h15,19-20,26-33,40H,9-14,16-18H2,1-8H3. The van der Waals surface area contributed by atoms with Crippen LogP contribution in [0, 0.1) is 46.3 Å². The first kappa shape index (κ1) is 34.5. The second-order valence-electron chi connectivity index (χ2n) is 14.9. The average molecular weight is 619 g/mol. The third kappa shape index (κ3) is 6.87. The molecular weight excluding hydrogens is 564 g/mol. The Morgan fingerprint density at radius 2 is 1.57 bits per heavy atom. The summed E-state index contributed by atoms with van der Waals surface area (Å²) in [6.45, 7) is 14.7. The normalized spacial score (nSPS) is 38.4. The Hall–Kier alpha value is -2.42. The maximum Gasteiger partial charge on any atom is 0.303 e. The third-order valence-corrected chi connectivity index (χ3v) is 11.5. The first-order valence-electron chi connectivity index (χ1n) is 16.6. The number of hydrogen-bond acceptors (Lipinski definition) is 9. The van der Waals surface area contributed by atoms with Crippen LogP contribution in [0.1, 0.15) is 107 Å². The summed E-state index contributed by atoms with van der Waals surface area (Å²) in [5, 5.41) is 11.0. The molecule has 1 N–H and O–H groups in total. The zero-order valence-electron chi connectivity index (χ0n) is 27.9. The summed E-state index contributed by atoms with van der Waals surface area (Å²) in [6, 6.07) is 0. The summed E-state index contributed by atoms with van der Waals surface area (Å²) in [6.07, 6.45) is 5.70. The lowest BCUT2D eigenvalue weighted by atomic mass is 9.45. The summed E-state index contributed by atoms with van der Waals surface area (Å²) in [5.74, 6) is -0.923. The summed E-state index contributed by atoms with van der Waals surface area (Å²) in [5.41, 5.74) is 0.109. The van der Waals surface area contributed by atoms with Gasteiger partial charge in [-0.2, -0.15) is 0 Å². The van der Waals surface area contributed by atoms with Gasteiger partial charge in [0.25, 0.3) is 0 Å². The van der Waals surface area contributed by atoms with Crippen LogP contribution in [0.15, 0.2) is 11.6 Å². The van der Waals surface area contributed by atoms with Gasteiger partial charge in [0.05, 0.1) is 12.7 Å². The molecule has 3 saturated carbocycles. The number of rotatable bonds is 10. The van der Waals surface area contributed by atoms with Crippen molar-refractivity contribution < 1.29 is 43.2 Å². The molecule has 9 nitrogen and oxygen atoms in total. The van der Waals surface area contributed by atoms with E-state index in [1.165, 1.54) is 27.7 Å². The van der Waals surface area contributed by atoms with Crippen molar-refractivity contribution in [3.63, 3.8) is 0 Å². The molecule has 4 rings (SSSR count). The summed E-state index contributed by atoms with van der Waals surface area (Å²) < 4.78 is 23.7. The summed E-state index contributed by atoms with van der Waals surface area (Å²) >= 11 is 0. The molecule has 0 aromatic heterocycles. The lowest BCUT2D eigenvalue weighted by molar-refractivity contribution is -0.187. The van der Waals surface area contributed by atoms with Crippen LogP contribution in [0.5, 0.6) is 0 Å². The molecule has 0 bridgehead atoms. The fourth-order valence-corrected chi connectivity index (χ4v) is 9.84. The predicted octanol–water partition coefficient (Wildman–Crippen LogP) is 5.56. The quantitative estimate of drug-likeness (QED) is 0.190. The van der Waals surface area contributed by atoms with Crippen molar-refractivity contribution in [2.75, 3.05) is 6.61 Å². The molecule has 0 aromatic carbocycles. The number of esters is 4. The van der Waals surface area contributed by atoms with Gasteiger partial charge in [-0.1, -0.05) is 52.5 Å². The van der Waals surface area contributed by atoms with Crippen molar-refractivity contribution in [3.8, 4) is 0 Å². The fraction of sp³-hybridized carbons (Fsp3) is 0.829. The fourth-order valence-electron chi connectivity index (χ4n) is 9.84. The SMILES string of the molecule is CC(=O)OCC12CCC3C(C(OC(C)=O)C=C4CC(O)C(OC(C)=O)CC43C)C1C(OC(C)=O)CC2C(C)CCCC(C)C. The van der Waals surface area contributed by atoms with Crippen molar-refractivity contribution in [1.29, 1.82) is 0 Å². The van der Waals surface area contributed by atoms with Gasteiger partial charge in [-0.3, -0.25) is 19.2 Å². The van der Waals surface area contributed by atoms with Crippen LogP contribution in [0.2, 0.25) is 0 Å². The third-order valence-electron chi connectivity index (χ3n) is 11.5. The second-order valence-corrected chi connectivity index (χ2v) is 14.9. The molecule has 0 spiro atoms. The van der Waals surface area contributed by atoms with E-state index in [1.54, 1.807) is 0 Å². The van der Waals surface area contributed by atoms with E-state index in [0.29, 0.717) is 31.1 Å². The Bertz CT molecular complexity index is 1130. The zero-order chi connectivity index (χ0) is 32.6. The van der Waals surface area contributed by atoms with E-state index in [2.05, 4.69) is 27.7 Å². The van der Waals surface area contributed by atoms with Crippen LogP contribution in [0.3, 0.4) is 0 Å². The van der Waals surface area contributed by atoms with Crippen molar-refractivity contribution in [2.24, 2.45) is 46.3 Å². The van der Waals surface area contributed by atoms with E-state index >= 15 is 0 Å². The molecule has 0 aliphatic heterocycles. The van der Waals surface area contributed by atoms with Gasteiger partial charge in [0.15, 0.2) is 0 Å². The lowest BCUT2D eigenvalue weighted by Crippen LogP contribution is -2.60. The molecule has 0 amide bonds. The van der Waals surface area contributed by atoms with Gasteiger partial charge in [0, 0.05) is 44.9 Å². The number of hydrogen-bond donors (Lipinski definition) is 1. The second kappa shape index (κ2) is 13.5. The van der Waals surface area contributed by atoms with Crippen molar-refractivity contribution in [1.82, 2.24) is 0 Å². The Morgan fingerprint density at radius 1 is 0.932 bits per heavy atom. The Morgan fingerprint density at radius 3 is 2.16 bits per heavy atom. The Kier molecular flexibility index (Phi) is 10.6. The molecule has 0 aromatic rings. The van der Waals surface area contributed by atoms with Gasteiger partial charge in [0.2, 0.25) is 0 Å². The van der Waals surface area contributed by atoms with E-state index in [0.717, 1.165) is 37.7 Å². The number of carbonyl (C=O) groups excluding carboxylic acids is 4. The summed E-state index contributed by atoms with van der Waals surface area (Å²) in [7, 11) is 0. The van der Waals surface area contributed by atoms with Gasteiger partial charge in [-0.05, 0) is 67.3 Å². The van der Waals surface area contributed by atoms with Gasteiger partial charge >= 0.3 is 23.9 Å². The van der Waals surface area contributed by atoms with E-state index in [9.17, 15) is 24.3 Å². The Balaban J connectivity index is 1.83. The number of aliphatic hydroxyl groups is 1. The summed E-state index contributed by atoms with van der Waals surface area (Å²) in [4.78, 5) is 49.4. The highest BCUT2D eigenvalue weighted by Gasteiger charge is 2.68. The molecule has 0 radical (unpaired) electrons. The molecule has 4 aliphatic carbocycles. The van der Waals surface area contributed by atoms with Gasteiger partial charge in [-0.25, -0.2) is 0 Å². The lowest BCUT2D eigenvalue weighted by Gasteiger charge is -2.60. The minimum absolute atomic E-state index is 0.000849. The van der Waals surface area contributed by atoms with Crippen LogP contribution < -0.4 is 0 Å². The van der Waals surface area contributed by atoms with Crippen molar-refractivity contribution in [2.45, 2.75) is 131 Å². The minimum atomic E-state index is -0.851. The molecular formula is C35H54O9. The molecule has 248 valence electrons. The van der Waals surface area contributed by atoms with Crippen LogP contribution in [-0.4, -0.2) is 60.0 Å². The molecule has 44 heavy (non-hydrogen) atoms. The molecule has 4 aliphatic rings. The monoisotopic (exact) mass is 618 g/mol. The highest BCUT2D eigenvalue weighted by atomic mass is 16.6. The molecule has 0 heterocycles. The van der Waals surface area contributed by atoms with E-state index in [4.69, 9.17) is 18.9 Å². The van der Waals surface area contributed by atoms with Crippen LogP contribution in [-0.2, 0) is 38.1 Å². The smallest absolute Gasteiger partial charge is 0.303 e. The zero-order valence-corrected chi connectivity index (χ0v) is 27.9. The number of carbonyl (C=O) groups is 4.